The number of hydrogen-bond acceptors (Lipinski definition) is 3. The third-order valence-corrected chi connectivity index (χ3v) is 6.53. The van der Waals surface area contributed by atoms with E-state index >= 15 is 0 Å². The number of carbonyl (C=O) groups is 1. The number of carbonyl (C=O) groups excluding carboxylic acids is 1. The summed E-state index contributed by atoms with van der Waals surface area (Å²) in [5.74, 6) is 0.544. The lowest BCUT2D eigenvalue weighted by Crippen LogP contribution is -2.31. The van der Waals surface area contributed by atoms with Crippen LogP contribution < -0.4 is 5.32 Å². The summed E-state index contributed by atoms with van der Waals surface area (Å²) in [4.78, 5) is 12.0. The normalized spacial score (nSPS) is 23.0. The highest BCUT2D eigenvalue weighted by atomic mass is 32.2. The number of benzene rings is 1. The highest BCUT2D eigenvalue weighted by Gasteiger charge is 2.27. The maximum Gasteiger partial charge on any atom is 0.224 e. The highest BCUT2D eigenvalue weighted by Crippen LogP contribution is 2.22. The van der Waals surface area contributed by atoms with Gasteiger partial charge in [-0.15, -0.1) is 0 Å². The largest absolute Gasteiger partial charge is 0.356 e. The Balaban J connectivity index is 1.51. The molecular formula is C17H23NO3S. The smallest absolute Gasteiger partial charge is 0.224 e. The molecule has 4 nitrogen and oxygen atoms in total. The van der Waals surface area contributed by atoms with Crippen molar-refractivity contribution in [2.24, 2.45) is 5.92 Å². The maximum absolute atomic E-state index is 12.0. The van der Waals surface area contributed by atoms with Crippen molar-refractivity contribution >= 4 is 15.7 Å². The van der Waals surface area contributed by atoms with Crippen LogP contribution in [-0.4, -0.2) is 32.4 Å². The molecule has 1 aliphatic heterocycles. The van der Waals surface area contributed by atoms with E-state index in [1.807, 2.05) is 6.07 Å². The van der Waals surface area contributed by atoms with Gasteiger partial charge < -0.3 is 5.32 Å². The third-order valence-electron chi connectivity index (χ3n) is 4.69. The Bertz CT molecular complexity index is 666. The van der Waals surface area contributed by atoms with Crippen LogP contribution in [0.1, 0.15) is 36.0 Å². The predicted molar refractivity (Wildman–Crippen MR) is 86.6 cm³/mol. The number of hydrogen-bond donors (Lipinski definition) is 1. The van der Waals surface area contributed by atoms with E-state index in [0.717, 1.165) is 18.4 Å². The van der Waals surface area contributed by atoms with Crippen molar-refractivity contribution in [3.63, 3.8) is 0 Å². The van der Waals surface area contributed by atoms with Crippen LogP contribution in [0.25, 0.3) is 0 Å². The van der Waals surface area contributed by atoms with Gasteiger partial charge in [0.1, 0.15) is 0 Å². The monoisotopic (exact) mass is 321 g/mol. The van der Waals surface area contributed by atoms with Crippen molar-refractivity contribution in [3.8, 4) is 0 Å². The van der Waals surface area contributed by atoms with E-state index in [1.165, 1.54) is 24.0 Å². The lowest BCUT2D eigenvalue weighted by Gasteiger charge is -2.16. The topological polar surface area (TPSA) is 63.2 Å². The molecule has 0 bridgehead atoms. The number of sulfone groups is 1. The summed E-state index contributed by atoms with van der Waals surface area (Å²) >= 11 is 0. The Morgan fingerprint density at radius 1 is 1.18 bits per heavy atom. The molecule has 1 unspecified atom stereocenters. The summed E-state index contributed by atoms with van der Waals surface area (Å²) in [7, 11) is -2.86. The van der Waals surface area contributed by atoms with E-state index in [9.17, 15) is 13.2 Å². The number of rotatable bonds is 4. The third kappa shape index (κ3) is 3.88. The highest BCUT2D eigenvalue weighted by molar-refractivity contribution is 7.91. The molecule has 1 aromatic carbocycles. The number of amides is 1. The van der Waals surface area contributed by atoms with E-state index in [-0.39, 0.29) is 23.3 Å². The standard InChI is InChI=1S/C17H23NO3S/c19-17(18-11-14-7-8-22(20,21)12-14)10-13-5-6-15-3-1-2-4-16(15)9-13/h5-6,9,14H,1-4,7-8,10-12H2,(H,18,19). The van der Waals surface area contributed by atoms with Gasteiger partial charge >= 0.3 is 0 Å². The van der Waals surface area contributed by atoms with Gasteiger partial charge in [-0.1, -0.05) is 18.2 Å². The second-order valence-corrected chi connectivity index (χ2v) is 8.79. The van der Waals surface area contributed by atoms with E-state index in [0.29, 0.717) is 19.4 Å². The van der Waals surface area contributed by atoms with Gasteiger partial charge in [-0.3, -0.25) is 4.79 Å². The summed E-state index contributed by atoms with van der Waals surface area (Å²) in [6.07, 6.45) is 5.81. The molecule has 0 aromatic heterocycles. The van der Waals surface area contributed by atoms with E-state index < -0.39 is 9.84 Å². The Morgan fingerprint density at radius 2 is 1.95 bits per heavy atom. The van der Waals surface area contributed by atoms with Gasteiger partial charge in [0, 0.05) is 6.54 Å². The van der Waals surface area contributed by atoms with Crippen LogP contribution >= 0.6 is 0 Å². The second kappa shape index (κ2) is 6.41. The lowest BCUT2D eigenvalue weighted by atomic mass is 9.90. The molecule has 3 rings (SSSR count). The molecule has 1 aromatic rings. The SMILES string of the molecule is O=C(Cc1ccc2c(c1)CCCC2)NCC1CCS(=O)(=O)C1. The number of nitrogens with one attached hydrogen (secondary N) is 1. The van der Waals surface area contributed by atoms with Gasteiger partial charge in [-0.2, -0.15) is 0 Å². The second-order valence-electron chi connectivity index (χ2n) is 6.56. The molecular weight excluding hydrogens is 298 g/mol. The Hall–Kier alpha value is -1.36. The van der Waals surface area contributed by atoms with Crippen LogP contribution in [0.5, 0.6) is 0 Å². The van der Waals surface area contributed by atoms with Crippen LogP contribution in [0.3, 0.4) is 0 Å². The molecule has 1 saturated heterocycles. The summed E-state index contributed by atoms with van der Waals surface area (Å²) < 4.78 is 22.8. The number of fused-ring (bicyclic) bond motifs is 1. The van der Waals surface area contributed by atoms with Crippen molar-refractivity contribution in [2.75, 3.05) is 18.1 Å². The van der Waals surface area contributed by atoms with E-state index in [2.05, 4.69) is 17.4 Å². The van der Waals surface area contributed by atoms with E-state index in [4.69, 9.17) is 0 Å². The fraction of sp³-hybridized carbons (Fsp3) is 0.588. The molecule has 1 fully saturated rings. The maximum atomic E-state index is 12.0. The summed E-state index contributed by atoms with van der Waals surface area (Å²) in [6, 6.07) is 6.36. The van der Waals surface area contributed by atoms with Crippen molar-refractivity contribution in [3.05, 3.63) is 34.9 Å². The molecule has 0 spiro atoms. The molecule has 120 valence electrons. The van der Waals surface area contributed by atoms with Crippen molar-refractivity contribution in [1.29, 1.82) is 0 Å². The average Bonchev–Trinajstić information content (AvgIpc) is 2.84. The van der Waals surface area contributed by atoms with Gasteiger partial charge in [-0.25, -0.2) is 8.42 Å². The van der Waals surface area contributed by atoms with Crippen LogP contribution in [0.4, 0.5) is 0 Å². The van der Waals surface area contributed by atoms with Gasteiger partial charge in [0.15, 0.2) is 9.84 Å². The van der Waals surface area contributed by atoms with Gasteiger partial charge in [0.25, 0.3) is 0 Å². The first-order valence-corrected chi connectivity index (χ1v) is 9.92. The minimum Gasteiger partial charge on any atom is -0.356 e. The molecule has 1 aliphatic carbocycles. The first kappa shape index (κ1) is 15.5. The van der Waals surface area contributed by atoms with Crippen LogP contribution in [0, 0.1) is 5.92 Å². The lowest BCUT2D eigenvalue weighted by molar-refractivity contribution is -0.120. The summed E-state index contributed by atoms with van der Waals surface area (Å²) in [6.45, 7) is 0.475. The molecule has 2 aliphatic rings. The van der Waals surface area contributed by atoms with Crippen LogP contribution in [0.15, 0.2) is 18.2 Å². The van der Waals surface area contributed by atoms with Crippen molar-refractivity contribution in [2.45, 2.75) is 38.5 Å². The first-order chi connectivity index (χ1) is 10.5. The van der Waals surface area contributed by atoms with Gasteiger partial charge in [-0.05, 0) is 54.7 Å². The Labute approximate surface area is 132 Å². The molecule has 5 heteroatoms. The minimum atomic E-state index is -2.86. The van der Waals surface area contributed by atoms with Crippen LogP contribution in [-0.2, 0) is 33.9 Å². The predicted octanol–water partition coefficient (Wildman–Crippen LogP) is 1.66. The van der Waals surface area contributed by atoms with Crippen LogP contribution in [0.2, 0.25) is 0 Å². The molecule has 1 heterocycles. The average molecular weight is 321 g/mol. The van der Waals surface area contributed by atoms with Gasteiger partial charge in [0.2, 0.25) is 5.91 Å². The van der Waals surface area contributed by atoms with Gasteiger partial charge in [0.05, 0.1) is 17.9 Å². The molecule has 0 saturated carbocycles. The minimum absolute atomic E-state index is 0.0138. The van der Waals surface area contributed by atoms with Crippen molar-refractivity contribution in [1.82, 2.24) is 5.32 Å². The molecule has 22 heavy (non-hydrogen) atoms. The molecule has 0 radical (unpaired) electrons. The van der Waals surface area contributed by atoms with E-state index in [1.54, 1.807) is 0 Å². The Morgan fingerprint density at radius 3 is 2.68 bits per heavy atom. The van der Waals surface area contributed by atoms with Crippen molar-refractivity contribution < 1.29 is 13.2 Å². The zero-order valence-corrected chi connectivity index (χ0v) is 13.6. The quantitative estimate of drug-likeness (QED) is 0.917. The summed E-state index contributed by atoms with van der Waals surface area (Å²) in [5, 5.41) is 2.89. The first-order valence-electron chi connectivity index (χ1n) is 8.10. The molecule has 1 N–H and O–H groups in total. The zero-order chi connectivity index (χ0) is 15.6. The molecule has 1 atom stereocenters. The number of aryl methyl sites for hydroxylation is 2. The fourth-order valence-corrected chi connectivity index (χ4v) is 5.30. The fourth-order valence-electron chi connectivity index (χ4n) is 3.44. The Kier molecular flexibility index (Phi) is 4.52. The summed E-state index contributed by atoms with van der Waals surface area (Å²) in [5.41, 5.74) is 3.86. The molecule has 1 amide bonds. The zero-order valence-electron chi connectivity index (χ0n) is 12.8.